The third-order valence-electron chi connectivity index (χ3n) is 4.88. The van der Waals surface area contributed by atoms with Crippen LogP contribution in [0.3, 0.4) is 0 Å². The van der Waals surface area contributed by atoms with Gasteiger partial charge in [-0.3, -0.25) is 9.59 Å². The fourth-order valence-corrected chi connectivity index (χ4v) is 3.38. The van der Waals surface area contributed by atoms with Gasteiger partial charge >= 0.3 is 5.97 Å². The van der Waals surface area contributed by atoms with Crippen LogP contribution >= 0.6 is 0 Å². The lowest BCUT2D eigenvalue weighted by Gasteiger charge is -2.27. The molecule has 1 aliphatic heterocycles. The number of para-hydroxylation sites is 3. The van der Waals surface area contributed by atoms with Crippen LogP contribution in [0, 0.1) is 11.3 Å². The van der Waals surface area contributed by atoms with Crippen LogP contribution in [0.25, 0.3) is 0 Å². The van der Waals surface area contributed by atoms with Crippen molar-refractivity contribution in [2.75, 3.05) is 5.32 Å². The molecule has 1 aliphatic rings. The van der Waals surface area contributed by atoms with Crippen LogP contribution in [0.15, 0.2) is 72.8 Å². The van der Waals surface area contributed by atoms with Crippen LogP contribution in [-0.2, 0) is 14.3 Å². The van der Waals surface area contributed by atoms with Gasteiger partial charge in [0, 0.05) is 11.1 Å². The molecule has 0 radical (unpaired) electrons. The van der Waals surface area contributed by atoms with E-state index in [1.165, 1.54) is 6.92 Å². The summed E-state index contributed by atoms with van der Waals surface area (Å²) in [6, 6.07) is 23.2. The molecule has 148 valence electrons. The molecule has 0 fully saturated rings. The average molecular weight is 398 g/mol. The van der Waals surface area contributed by atoms with Crippen LogP contribution in [0.1, 0.15) is 29.5 Å². The molecule has 30 heavy (non-hydrogen) atoms. The van der Waals surface area contributed by atoms with Crippen LogP contribution in [-0.4, -0.2) is 18.0 Å². The van der Waals surface area contributed by atoms with Crippen LogP contribution in [0.4, 0.5) is 5.69 Å². The number of rotatable bonds is 4. The smallest absolute Gasteiger partial charge is 0.318 e. The molecular formula is C24H18N2O4. The van der Waals surface area contributed by atoms with Gasteiger partial charge in [-0.25, -0.2) is 0 Å². The molecule has 0 spiro atoms. The Morgan fingerprint density at radius 3 is 2.17 bits per heavy atom. The summed E-state index contributed by atoms with van der Waals surface area (Å²) < 4.78 is 11.4. The number of hydrogen-bond donors (Lipinski definition) is 1. The van der Waals surface area contributed by atoms with Crippen molar-refractivity contribution in [3.63, 3.8) is 0 Å². The summed E-state index contributed by atoms with van der Waals surface area (Å²) in [5.41, 5.74) is 2.07. The summed E-state index contributed by atoms with van der Waals surface area (Å²) in [5.74, 6) is -0.599. The Balaban J connectivity index is 1.55. The Kier molecular flexibility index (Phi) is 5.19. The van der Waals surface area contributed by atoms with E-state index in [0.29, 0.717) is 33.9 Å². The van der Waals surface area contributed by atoms with E-state index in [-0.39, 0.29) is 0 Å². The Labute approximate surface area is 173 Å². The molecule has 0 unspecified atom stereocenters. The Bertz CT molecular complexity index is 1120. The number of nitrogens with one attached hydrogen (secondary N) is 1. The van der Waals surface area contributed by atoms with Crippen molar-refractivity contribution in [2.24, 2.45) is 0 Å². The Morgan fingerprint density at radius 1 is 0.967 bits per heavy atom. The van der Waals surface area contributed by atoms with E-state index in [4.69, 9.17) is 9.47 Å². The number of anilines is 1. The van der Waals surface area contributed by atoms with Gasteiger partial charge in [-0.15, -0.1) is 0 Å². The van der Waals surface area contributed by atoms with E-state index in [1.807, 2.05) is 42.5 Å². The summed E-state index contributed by atoms with van der Waals surface area (Å²) in [6.07, 6.45) is -1.05. The van der Waals surface area contributed by atoms with E-state index < -0.39 is 23.9 Å². The standard InChI is InChI=1S/C24H18N2O4/c1-15(23(27)26-19-11-5-2-8-16(19)14-25)29-24(28)22-17-9-3-6-12-20(17)30-21-13-7-4-10-18(21)22/h2-13,15,22H,1H3,(H,26,27)/t15-/m0/s1. The van der Waals surface area contributed by atoms with Crippen molar-refractivity contribution in [2.45, 2.75) is 18.9 Å². The van der Waals surface area contributed by atoms with Gasteiger partial charge in [0.1, 0.15) is 23.5 Å². The van der Waals surface area contributed by atoms with Gasteiger partial charge in [-0.05, 0) is 31.2 Å². The van der Waals surface area contributed by atoms with Gasteiger partial charge in [0.05, 0.1) is 11.3 Å². The molecule has 1 amide bonds. The fourth-order valence-electron chi connectivity index (χ4n) is 3.38. The van der Waals surface area contributed by atoms with E-state index in [1.54, 1.807) is 36.4 Å². The first-order valence-corrected chi connectivity index (χ1v) is 9.44. The number of fused-ring (bicyclic) bond motifs is 2. The maximum absolute atomic E-state index is 13.1. The number of carbonyl (C=O) groups is 2. The lowest BCUT2D eigenvalue weighted by atomic mass is 9.88. The summed E-state index contributed by atoms with van der Waals surface area (Å²) in [6.45, 7) is 1.50. The van der Waals surface area contributed by atoms with Crippen molar-refractivity contribution in [1.82, 2.24) is 0 Å². The van der Waals surface area contributed by atoms with Crippen molar-refractivity contribution in [3.8, 4) is 17.6 Å². The minimum absolute atomic E-state index is 0.330. The van der Waals surface area contributed by atoms with Crippen molar-refractivity contribution < 1.29 is 19.1 Å². The quantitative estimate of drug-likeness (QED) is 0.660. The number of nitrogens with zero attached hydrogens (tertiary/aromatic N) is 1. The van der Waals surface area contributed by atoms with Crippen LogP contribution < -0.4 is 10.1 Å². The molecule has 3 aromatic rings. The molecule has 1 heterocycles. The summed E-state index contributed by atoms with van der Waals surface area (Å²) in [5, 5.41) is 11.8. The first-order valence-electron chi connectivity index (χ1n) is 9.44. The second kappa shape index (κ2) is 8.10. The topological polar surface area (TPSA) is 88.4 Å². The molecule has 6 heteroatoms. The Hall–Kier alpha value is -4.11. The third-order valence-corrected chi connectivity index (χ3v) is 4.88. The first kappa shape index (κ1) is 19.2. The van der Waals surface area contributed by atoms with Crippen LogP contribution in [0.5, 0.6) is 11.5 Å². The maximum atomic E-state index is 13.1. The van der Waals surface area contributed by atoms with Crippen molar-refractivity contribution in [3.05, 3.63) is 89.5 Å². The van der Waals surface area contributed by atoms with Gasteiger partial charge in [-0.2, -0.15) is 5.26 Å². The van der Waals surface area contributed by atoms with Crippen molar-refractivity contribution in [1.29, 1.82) is 5.26 Å². The summed E-state index contributed by atoms with van der Waals surface area (Å²) in [4.78, 5) is 25.7. The van der Waals surface area contributed by atoms with E-state index in [9.17, 15) is 14.9 Å². The molecule has 0 bridgehead atoms. The SMILES string of the molecule is C[C@H](OC(=O)C1c2ccccc2Oc2ccccc21)C(=O)Nc1ccccc1C#N. The zero-order valence-corrected chi connectivity index (χ0v) is 16.2. The van der Waals surface area contributed by atoms with Gasteiger partial charge in [0.25, 0.3) is 5.91 Å². The number of nitriles is 1. The highest BCUT2D eigenvalue weighted by Gasteiger charge is 2.35. The van der Waals surface area contributed by atoms with Gasteiger partial charge in [0.2, 0.25) is 0 Å². The molecule has 0 saturated carbocycles. The average Bonchev–Trinajstić information content (AvgIpc) is 2.77. The second-order valence-electron chi connectivity index (χ2n) is 6.84. The van der Waals surface area contributed by atoms with Crippen molar-refractivity contribution >= 4 is 17.6 Å². The first-order chi connectivity index (χ1) is 14.6. The Morgan fingerprint density at radius 2 is 1.53 bits per heavy atom. The number of benzene rings is 3. The minimum Gasteiger partial charge on any atom is -0.457 e. The van der Waals surface area contributed by atoms with Gasteiger partial charge < -0.3 is 14.8 Å². The predicted octanol–water partition coefficient (Wildman–Crippen LogP) is 4.37. The summed E-state index contributed by atoms with van der Waals surface area (Å²) >= 11 is 0. The molecule has 0 saturated heterocycles. The lowest BCUT2D eigenvalue weighted by Crippen LogP contribution is -2.33. The molecule has 0 aromatic heterocycles. The summed E-state index contributed by atoms with van der Waals surface area (Å²) in [7, 11) is 0. The number of carbonyl (C=O) groups excluding carboxylic acids is 2. The van der Waals surface area contributed by atoms with Gasteiger partial charge in [-0.1, -0.05) is 48.5 Å². The predicted molar refractivity (Wildman–Crippen MR) is 110 cm³/mol. The largest absolute Gasteiger partial charge is 0.457 e. The fraction of sp³-hybridized carbons (Fsp3) is 0.125. The van der Waals surface area contributed by atoms with E-state index >= 15 is 0 Å². The molecule has 3 aromatic carbocycles. The highest BCUT2D eigenvalue weighted by Crippen LogP contribution is 2.44. The number of hydrogen-bond acceptors (Lipinski definition) is 5. The van der Waals surface area contributed by atoms with Gasteiger partial charge in [0.15, 0.2) is 6.10 Å². The maximum Gasteiger partial charge on any atom is 0.318 e. The highest BCUT2D eigenvalue weighted by molar-refractivity contribution is 5.97. The number of ether oxygens (including phenoxy) is 2. The molecule has 1 atom stereocenters. The van der Waals surface area contributed by atoms with Crippen LogP contribution in [0.2, 0.25) is 0 Å². The number of amides is 1. The monoisotopic (exact) mass is 398 g/mol. The molecular weight excluding hydrogens is 380 g/mol. The van der Waals surface area contributed by atoms with E-state index in [2.05, 4.69) is 5.32 Å². The molecule has 0 aliphatic carbocycles. The normalized spacial score (nSPS) is 13.1. The lowest BCUT2D eigenvalue weighted by molar-refractivity contribution is -0.153. The second-order valence-corrected chi connectivity index (χ2v) is 6.84. The highest BCUT2D eigenvalue weighted by atomic mass is 16.5. The zero-order chi connectivity index (χ0) is 21.1. The number of esters is 1. The van der Waals surface area contributed by atoms with E-state index in [0.717, 1.165) is 0 Å². The molecule has 4 rings (SSSR count). The molecule has 1 N–H and O–H groups in total. The molecule has 6 nitrogen and oxygen atoms in total. The minimum atomic E-state index is -1.05. The zero-order valence-electron chi connectivity index (χ0n) is 16.2. The third kappa shape index (κ3) is 3.61.